The van der Waals surface area contributed by atoms with Crippen molar-refractivity contribution >= 4 is 45.5 Å². The van der Waals surface area contributed by atoms with Crippen LogP contribution < -0.4 is 16.2 Å². The Morgan fingerprint density at radius 1 is 1.00 bits per heavy atom. The molecule has 2 N–H and O–H groups in total. The minimum Gasteiger partial charge on any atom is -0.462 e. The van der Waals surface area contributed by atoms with Gasteiger partial charge in [-0.1, -0.05) is 42.9 Å². The van der Waals surface area contributed by atoms with Gasteiger partial charge in [0.2, 0.25) is 0 Å². The van der Waals surface area contributed by atoms with Crippen LogP contribution in [-0.4, -0.2) is 33.8 Å². The molecular weight excluding hydrogens is 504 g/mol. The number of benzene rings is 2. The van der Waals surface area contributed by atoms with Gasteiger partial charge in [-0.15, -0.1) is 0 Å². The Morgan fingerprint density at radius 3 is 2.53 bits per heavy atom. The fourth-order valence-corrected chi connectivity index (χ4v) is 4.89. The molecule has 9 nitrogen and oxygen atoms in total. The Morgan fingerprint density at radius 2 is 1.76 bits per heavy atom. The normalized spacial score (nSPS) is 10.8. The van der Waals surface area contributed by atoms with Gasteiger partial charge in [-0.2, -0.15) is 0 Å². The molecule has 196 valence electrons. The van der Waals surface area contributed by atoms with Crippen LogP contribution in [-0.2, 0) is 4.74 Å². The Balaban J connectivity index is 1.70. The number of rotatable bonds is 8. The summed E-state index contributed by atoms with van der Waals surface area (Å²) < 4.78 is 6.39. The molecule has 2 aromatic heterocycles. The van der Waals surface area contributed by atoms with E-state index in [1.54, 1.807) is 31.2 Å². The lowest BCUT2D eigenvalue weighted by Crippen LogP contribution is -2.25. The topological polar surface area (TPSA) is 119 Å². The van der Waals surface area contributed by atoms with Crippen LogP contribution in [0.15, 0.2) is 53.3 Å². The maximum atomic E-state index is 13.5. The largest absolute Gasteiger partial charge is 0.462 e. The van der Waals surface area contributed by atoms with Crippen molar-refractivity contribution in [3.63, 3.8) is 0 Å². The third kappa shape index (κ3) is 5.65. The predicted octanol–water partition coefficient (Wildman–Crippen LogP) is 5.14. The summed E-state index contributed by atoms with van der Waals surface area (Å²) in [5.41, 5.74) is 2.93. The van der Waals surface area contributed by atoms with Crippen molar-refractivity contribution in [3.8, 4) is 0 Å². The molecule has 0 unspecified atom stereocenters. The van der Waals surface area contributed by atoms with Gasteiger partial charge in [0.15, 0.2) is 4.96 Å². The van der Waals surface area contributed by atoms with E-state index in [4.69, 9.17) is 4.74 Å². The molecule has 2 heterocycles. The van der Waals surface area contributed by atoms with E-state index >= 15 is 0 Å². The van der Waals surface area contributed by atoms with Crippen LogP contribution in [0.3, 0.4) is 0 Å². The molecule has 0 saturated carbocycles. The second-order valence-corrected chi connectivity index (χ2v) is 9.84. The van der Waals surface area contributed by atoms with E-state index in [9.17, 15) is 19.2 Å². The van der Waals surface area contributed by atoms with Crippen molar-refractivity contribution < 1.29 is 19.1 Å². The van der Waals surface area contributed by atoms with Crippen molar-refractivity contribution in [2.45, 2.75) is 40.5 Å². The monoisotopic (exact) mass is 532 g/mol. The lowest BCUT2D eigenvalue weighted by atomic mass is 10.1. The van der Waals surface area contributed by atoms with Crippen LogP contribution in [0, 0.1) is 20.8 Å². The summed E-state index contributed by atoms with van der Waals surface area (Å²) in [5.74, 6) is -1.73. The van der Waals surface area contributed by atoms with Crippen LogP contribution in [0.5, 0.6) is 0 Å². The summed E-state index contributed by atoms with van der Waals surface area (Å²) in [7, 11) is 0. The summed E-state index contributed by atoms with van der Waals surface area (Å²) in [6.45, 7) is 7.79. The molecule has 2 amide bonds. The minimum absolute atomic E-state index is 0.0359. The Kier molecular flexibility index (Phi) is 8.02. The fraction of sp³-hybridized carbons (Fsp3) is 0.250. The molecule has 0 radical (unpaired) electrons. The molecule has 4 rings (SSSR count). The smallest absolute Gasteiger partial charge is 0.338 e. The van der Waals surface area contributed by atoms with E-state index < -0.39 is 23.3 Å². The number of nitrogens with zero attached hydrogens (tertiary/aromatic N) is 2. The number of hydrogen-bond donors (Lipinski definition) is 2. The lowest BCUT2D eigenvalue weighted by molar-refractivity contribution is 0.0499. The van der Waals surface area contributed by atoms with Crippen molar-refractivity contribution in [2.75, 3.05) is 17.2 Å². The molecule has 0 spiro atoms. The summed E-state index contributed by atoms with van der Waals surface area (Å²) >= 11 is 0.953. The number of carbonyl (C=O) groups is 3. The second-order valence-electron chi connectivity index (χ2n) is 8.86. The first kappa shape index (κ1) is 26.7. The molecule has 0 bridgehead atoms. The molecule has 0 saturated heterocycles. The number of hydrogen-bond acceptors (Lipinski definition) is 7. The van der Waals surface area contributed by atoms with Gasteiger partial charge < -0.3 is 15.4 Å². The van der Waals surface area contributed by atoms with Crippen molar-refractivity contribution in [1.82, 2.24) is 9.38 Å². The predicted molar refractivity (Wildman–Crippen MR) is 148 cm³/mol. The van der Waals surface area contributed by atoms with Gasteiger partial charge in [0.05, 0.1) is 12.2 Å². The Hall–Kier alpha value is -4.31. The number of aryl methyl sites for hydroxylation is 2. The van der Waals surface area contributed by atoms with Gasteiger partial charge in [0, 0.05) is 23.1 Å². The quantitative estimate of drug-likeness (QED) is 0.240. The number of ether oxygens (including phenoxy) is 1. The van der Waals surface area contributed by atoms with E-state index in [0.717, 1.165) is 39.7 Å². The number of unbranched alkanes of at least 4 members (excludes halogenated alkanes) is 1. The summed E-state index contributed by atoms with van der Waals surface area (Å²) in [5, 5.41) is 5.57. The maximum absolute atomic E-state index is 13.5. The first-order valence-electron chi connectivity index (χ1n) is 12.2. The zero-order valence-corrected chi connectivity index (χ0v) is 22.4. The van der Waals surface area contributed by atoms with Crippen LogP contribution in [0.4, 0.5) is 11.4 Å². The molecule has 0 fully saturated rings. The highest BCUT2D eigenvalue weighted by Crippen LogP contribution is 2.26. The first-order valence-corrected chi connectivity index (χ1v) is 13.0. The molecular formula is C28H28N4O5S. The van der Waals surface area contributed by atoms with E-state index in [1.807, 2.05) is 32.9 Å². The van der Waals surface area contributed by atoms with E-state index in [-0.39, 0.29) is 21.1 Å². The number of thiazole rings is 1. The highest BCUT2D eigenvalue weighted by molar-refractivity contribution is 7.19. The molecule has 2 aromatic carbocycles. The van der Waals surface area contributed by atoms with Crippen molar-refractivity contribution in [1.29, 1.82) is 0 Å². The number of fused-ring (bicyclic) bond motifs is 1. The molecule has 0 aliphatic heterocycles. The molecule has 38 heavy (non-hydrogen) atoms. The van der Waals surface area contributed by atoms with Crippen LogP contribution >= 0.6 is 11.3 Å². The van der Waals surface area contributed by atoms with E-state index in [0.29, 0.717) is 23.7 Å². The molecule has 0 aliphatic carbocycles. The molecule has 0 atom stereocenters. The molecule has 4 aromatic rings. The Labute approximate surface area is 223 Å². The average Bonchev–Trinajstić information content (AvgIpc) is 3.27. The van der Waals surface area contributed by atoms with Gasteiger partial charge in [-0.05, 0) is 62.6 Å². The van der Waals surface area contributed by atoms with Gasteiger partial charge in [-0.3, -0.25) is 14.4 Å². The van der Waals surface area contributed by atoms with Crippen molar-refractivity contribution in [3.05, 3.63) is 91.8 Å². The number of esters is 1. The molecule has 10 heteroatoms. The highest BCUT2D eigenvalue weighted by atomic mass is 32.1. The average molecular weight is 533 g/mol. The number of anilines is 2. The van der Waals surface area contributed by atoms with Gasteiger partial charge in [0.1, 0.15) is 10.6 Å². The van der Waals surface area contributed by atoms with E-state index in [2.05, 4.69) is 15.6 Å². The van der Waals surface area contributed by atoms with Gasteiger partial charge in [-0.25, -0.2) is 14.2 Å². The second kappa shape index (κ2) is 11.4. The zero-order valence-electron chi connectivity index (χ0n) is 21.6. The zero-order chi connectivity index (χ0) is 27.4. The van der Waals surface area contributed by atoms with Crippen LogP contribution in [0.25, 0.3) is 4.96 Å². The number of nitrogens with one attached hydrogen (secondary N) is 2. The van der Waals surface area contributed by atoms with Gasteiger partial charge in [0.25, 0.3) is 17.4 Å². The van der Waals surface area contributed by atoms with Crippen molar-refractivity contribution in [2.24, 2.45) is 0 Å². The third-order valence-corrected chi connectivity index (χ3v) is 7.05. The van der Waals surface area contributed by atoms with E-state index in [1.165, 1.54) is 12.1 Å². The number of carbonyl (C=O) groups excluding carboxylic acids is 3. The van der Waals surface area contributed by atoms with Crippen LogP contribution in [0.1, 0.15) is 67.1 Å². The SMILES string of the molecule is CCCCOC(=O)c1cccc(NC(=O)c2c(C(=O)Nc3cccc(C)c3C)sc3nc(C)cc(=O)n23)c1. The molecule has 0 aliphatic rings. The summed E-state index contributed by atoms with van der Waals surface area (Å²) in [4.78, 5) is 56.8. The highest BCUT2D eigenvalue weighted by Gasteiger charge is 2.27. The van der Waals surface area contributed by atoms with Crippen LogP contribution in [0.2, 0.25) is 0 Å². The maximum Gasteiger partial charge on any atom is 0.338 e. The van der Waals surface area contributed by atoms with Gasteiger partial charge >= 0.3 is 5.97 Å². The number of amides is 2. The summed E-state index contributed by atoms with van der Waals surface area (Å²) in [6.07, 6.45) is 1.65. The third-order valence-electron chi connectivity index (χ3n) is 6.01. The lowest BCUT2D eigenvalue weighted by Gasteiger charge is -2.11. The Bertz CT molecular complexity index is 1600. The first-order chi connectivity index (χ1) is 18.2. The minimum atomic E-state index is -0.688. The fourth-order valence-electron chi connectivity index (χ4n) is 3.82. The number of aromatic nitrogens is 2. The standard InChI is InChI=1S/C28H28N4O5S/c1-5-6-13-37-27(36)19-10-8-11-20(15-19)30-25(34)23-24(38-28-29-17(3)14-22(33)32(23)28)26(35)31-21-12-7-9-16(2)18(21)4/h7-12,14-15H,5-6,13H2,1-4H3,(H,30,34)(H,31,35). The summed E-state index contributed by atoms with van der Waals surface area (Å²) in [6, 6.07) is 13.1.